The van der Waals surface area contributed by atoms with E-state index in [2.05, 4.69) is 102 Å². The maximum atomic E-state index is 14.2. The van der Waals surface area contributed by atoms with E-state index in [0.29, 0.717) is 6.54 Å². The second-order valence-corrected chi connectivity index (χ2v) is 11.7. The first-order valence-corrected chi connectivity index (χ1v) is 13.8. The van der Waals surface area contributed by atoms with Gasteiger partial charge in [-0.15, -0.1) is 0 Å². The van der Waals surface area contributed by atoms with Gasteiger partial charge in [0.25, 0.3) is 0 Å². The number of halogens is 2. The molecular formula is C29H31Br2N3O. The summed E-state index contributed by atoms with van der Waals surface area (Å²) < 4.78 is 2.16. The topological polar surface area (TPSA) is 26.8 Å². The van der Waals surface area contributed by atoms with E-state index in [0.717, 1.165) is 60.1 Å². The predicted octanol–water partition coefficient (Wildman–Crippen LogP) is 5.53. The molecule has 1 fully saturated rings. The lowest BCUT2D eigenvalue weighted by Crippen LogP contribution is -2.64. The lowest BCUT2D eigenvalue weighted by molar-refractivity contribution is -0.145. The number of carbonyl (C=O) groups excluding carboxylic acids is 1. The summed E-state index contributed by atoms with van der Waals surface area (Å²) in [6, 6.07) is 25.4. The molecule has 3 aromatic rings. The molecule has 0 bridgehead atoms. The fourth-order valence-corrected chi connectivity index (χ4v) is 6.56. The van der Waals surface area contributed by atoms with Crippen LogP contribution in [0.5, 0.6) is 0 Å². The summed E-state index contributed by atoms with van der Waals surface area (Å²) in [7, 11) is 1.96. The van der Waals surface area contributed by atoms with Crippen molar-refractivity contribution in [2.75, 3.05) is 33.2 Å². The van der Waals surface area contributed by atoms with Crippen molar-refractivity contribution in [2.24, 2.45) is 0 Å². The minimum Gasteiger partial charge on any atom is -0.340 e. The van der Waals surface area contributed by atoms with Gasteiger partial charge in [0.15, 0.2) is 0 Å². The fourth-order valence-electron chi connectivity index (χ4n) is 5.67. The number of hydrogen-bond donors (Lipinski definition) is 0. The van der Waals surface area contributed by atoms with Gasteiger partial charge in [-0.2, -0.15) is 0 Å². The van der Waals surface area contributed by atoms with Gasteiger partial charge in [-0.1, -0.05) is 80.4 Å². The third-order valence-electron chi connectivity index (χ3n) is 7.41. The Kier molecular flexibility index (Phi) is 7.44. The molecule has 3 aromatic carbocycles. The summed E-state index contributed by atoms with van der Waals surface area (Å²) in [5.41, 5.74) is 4.58. The highest BCUT2D eigenvalue weighted by atomic mass is 79.9. The molecule has 0 spiro atoms. The van der Waals surface area contributed by atoms with E-state index in [1.165, 1.54) is 16.7 Å². The predicted molar refractivity (Wildman–Crippen MR) is 148 cm³/mol. The minimum absolute atomic E-state index is 0.231. The summed E-state index contributed by atoms with van der Waals surface area (Å²) in [5.74, 6) is 0.231. The molecule has 0 aromatic heterocycles. The number of piperazine rings is 1. The Hall–Kier alpha value is -1.99. The van der Waals surface area contributed by atoms with Crippen molar-refractivity contribution < 1.29 is 4.79 Å². The van der Waals surface area contributed by atoms with Crippen molar-refractivity contribution >= 4 is 37.8 Å². The van der Waals surface area contributed by atoms with E-state index in [9.17, 15) is 4.79 Å². The van der Waals surface area contributed by atoms with E-state index < -0.39 is 5.54 Å². The molecule has 1 aliphatic carbocycles. The van der Waals surface area contributed by atoms with Crippen LogP contribution in [0.1, 0.15) is 22.3 Å². The lowest BCUT2D eigenvalue weighted by atomic mass is 9.90. The lowest BCUT2D eigenvalue weighted by Gasteiger charge is -2.46. The summed E-state index contributed by atoms with van der Waals surface area (Å²) in [6.07, 6.45) is 1.58. The largest absolute Gasteiger partial charge is 0.340 e. The quantitative estimate of drug-likeness (QED) is 0.375. The summed E-state index contributed by atoms with van der Waals surface area (Å²) in [4.78, 5) is 21.1. The van der Waals surface area contributed by atoms with E-state index in [1.54, 1.807) is 0 Å². The van der Waals surface area contributed by atoms with Crippen LogP contribution >= 0.6 is 31.9 Å². The fraction of sp³-hybridized carbons (Fsp3) is 0.345. The van der Waals surface area contributed by atoms with Crippen LogP contribution in [0.15, 0.2) is 81.7 Å². The zero-order chi connectivity index (χ0) is 24.4. The highest BCUT2D eigenvalue weighted by Gasteiger charge is 2.50. The third kappa shape index (κ3) is 5.41. The zero-order valence-electron chi connectivity index (χ0n) is 20.1. The molecule has 2 aliphatic rings. The Morgan fingerprint density at radius 1 is 0.829 bits per heavy atom. The maximum Gasteiger partial charge on any atom is 0.243 e. The summed E-state index contributed by atoms with van der Waals surface area (Å²) in [5, 5.41) is 0. The Morgan fingerprint density at radius 3 is 2.00 bits per heavy atom. The first-order valence-electron chi connectivity index (χ1n) is 12.2. The molecule has 0 radical (unpaired) electrons. The van der Waals surface area contributed by atoms with Crippen LogP contribution < -0.4 is 0 Å². The highest BCUT2D eigenvalue weighted by molar-refractivity contribution is 9.10. The van der Waals surface area contributed by atoms with Gasteiger partial charge in [0, 0.05) is 68.1 Å². The SMILES string of the molecule is CN(Cc1cccc(Br)c1)C(=O)C1(N2CCN(Cc3cccc(Br)c3)CC2)Cc2ccccc2C1. The van der Waals surface area contributed by atoms with Crippen LogP contribution in [0.25, 0.3) is 0 Å². The number of nitrogens with zero attached hydrogens (tertiary/aromatic N) is 3. The van der Waals surface area contributed by atoms with E-state index in [-0.39, 0.29) is 5.91 Å². The molecule has 5 rings (SSSR count). The van der Waals surface area contributed by atoms with Gasteiger partial charge in [-0.05, 0) is 46.5 Å². The summed E-state index contributed by atoms with van der Waals surface area (Å²) in [6.45, 7) is 5.29. The number of fused-ring (bicyclic) bond motifs is 1. The third-order valence-corrected chi connectivity index (χ3v) is 8.40. The number of hydrogen-bond acceptors (Lipinski definition) is 3. The average Bonchev–Trinajstić information content (AvgIpc) is 3.25. The Morgan fingerprint density at radius 2 is 1.40 bits per heavy atom. The van der Waals surface area contributed by atoms with Crippen LogP contribution in [0.2, 0.25) is 0 Å². The number of benzene rings is 3. The molecule has 182 valence electrons. The molecule has 35 heavy (non-hydrogen) atoms. The van der Waals surface area contributed by atoms with Crippen molar-refractivity contribution in [3.05, 3.63) is 104 Å². The Labute approximate surface area is 225 Å². The molecule has 0 N–H and O–H groups in total. The second kappa shape index (κ2) is 10.6. The molecule has 1 aliphatic heterocycles. The molecule has 6 heteroatoms. The second-order valence-electron chi connectivity index (χ2n) is 9.84. The smallest absolute Gasteiger partial charge is 0.243 e. The van der Waals surface area contributed by atoms with Gasteiger partial charge in [0.2, 0.25) is 5.91 Å². The van der Waals surface area contributed by atoms with Gasteiger partial charge >= 0.3 is 0 Å². The molecule has 0 atom stereocenters. The van der Waals surface area contributed by atoms with Crippen LogP contribution in [0, 0.1) is 0 Å². The van der Waals surface area contributed by atoms with Crippen LogP contribution in [0.3, 0.4) is 0 Å². The van der Waals surface area contributed by atoms with Gasteiger partial charge in [0.1, 0.15) is 5.54 Å². The monoisotopic (exact) mass is 595 g/mol. The molecule has 4 nitrogen and oxygen atoms in total. The number of rotatable bonds is 6. The maximum absolute atomic E-state index is 14.2. The highest BCUT2D eigenvalue weighted by Crippen LogP contribution is 2.37. The van der Waals surface area contributed by atoms with Crippen molar-refractivity contribution in [2.45, 2.75) is 31.5 Å². The van der Waals surface area contributed by atoms with Crippen molar-refractivity contribution in [3.63, 3.8) is 0 Å². The van der Waals surface area contributed by atoms with Gasteiger partial charge in [-0.25, -0.2) is 0 Å². The Balaban J connectivity index is 1.34. The zero-order valence-corrected chi connectivity index (χ0v) is 23.3. The summed E-state index contributed by atoms with van der Waals surface area (Å²) >= 11 is 7.15. The van der Waals surface area contributed by atoms with E-state index in [1.807, 2.05) is 24.1 Å². The number of amides is 1. The first-order chi connectivity index (χ1) is 16.9. The molecule has 1 heterocycles. The van der Waals surface area contributed by atoms with Crippen LogP contribution in [-0.4, -0.2) is 59.4 Å². The average molecular weight is 597 g/mol. The number of carbonyl (C=O) groups is 1. The van der Waals surface area contributed by atoms with E-state index in [4.69, 9.17) is 0 Å². The minimum atomic E-state index is -0.508. The molecule has 0 unspecified atom stereocenters. The standard InChI is InChI=1S/C29H31Br2N3O/c1-32(20-22-6-4-10-26(30)16-22)28(35)29(18-24-8-2-3-9-25(24)19-29)34-14-12-33(13-15-34)21-23-7-5-11-27(31)17-23/h2-11,16-17H,12-15,18-21H2,1H3. The van der Waals surface area contributed by atoms with Crippen molar-refractivity contribution in [3.8, 4) is 0 Å². The van der Waals surface area contributed by atoms with Crippen LogP contribution in [0.4, 0.5) is 0 Å². The molecular weight excluding hydrogens is 566 g/mol. The first kappa shape index (κ1) is 24.7. The van der Waals surface area contributed by atoms with E-state index >= 15 is 0 Å². The molecule has 0 saturated carbocycles. The molecule has 1 amide bonds. The number of likely N-dealkylation sites (N-methyl/N-ethyl adjacent to an activating group) is 1. The van der Waals surface area contributed by atoms with Gasteiger partial charge in [-0.3, -0.25) is 14.6 Å². The van der Waals surface area contributed by atoms with Gasteiger partial charge < -0.3 is 4.90 Å². The molecule has 1 saturated heterocycles. The Bertz CT molecular complexity index is 1180. The van der Waals surface area contributed by atoms with Crippen molar-refractivity contribution in [1.82, 2.24) is 14.7 Å². The van der Waals surface area contributed by atoms with Gasteiger partial charge in [0.05, 0.1) is 0 Å². The van der Waals surface area contributed by atoms with Crippen molar-refractivity contribution in [1.29, 1.82) is 0 Å². The van der Waals surface area contributed by atoms with Crippen LogP contribution in [-0.2, 0) is 30.7 Å². The normalized spacial score (nSPS) is 17.8.